The molecule has 2 aromatic rings. The largest absolute Gasteiger partial charge is 0.484 e. The SMILES string of the molecule is CCNC(=O)COc1ccc(NC(=O)CSc2ccc(F)c(F)c2)cc1. The third kappa shape index (κ3) is 6.36. The van der Waals surface area contributed by atoms with Crippen LogP contribution >= 0.6 is 11.8 Å². The Bertz CT molecular complexity index is 770. The van der Waals surface area contributed by atoms with Crippen molar-refractivity contribution in [3.8, 4) is 5.75 Å². The van der Waals surface area contributed by atoms with Gasteiger partial charge in [0, 0.05) is 17.1 Å². The molecule has 0 aromatic heterocycles. The van der Waals surface area contributed by atoms with Crippen molar-refractivity contribution in [2.45, 2.75) is 11.8 Å². The number of rotatable bonds is 8. The number of hydrogen-bond donors (Lipinski definition) is 2. The fraction of sp³-hybridized carbons (Fsp3) is 0.222. The number of thioether (sulfide) groups is 1. The molecule has 0 atom stereocenters. The van der Waals surface area contributed by atoms with Gasteiger partial charge in [-0.2, -0.15) is 0 Å². The van der Waals surface area contributed by atoms with E-state index in [1.165, 1.54) is 6.07 Å². The molecule has 8 heteroatoms. The van der Waals surface area contributed by atoms with Crippen LogP contribution in [-0.4, -0.2) is 30.7 Å². The highest BCUT2D eigenvalue weighted by atomic mass is 32.2. The molecule has 0 fully saturated rings. The summed E-state index contributed by atoms with van der Waals surface area (Å²) in [6.07, 6.45) is 0. The summed E-state index contributed by atoms with van der Waals surface area (Å²) in [5.41, 5.74) is 0.561. The van der Waals surface area contributed by atoms with Crippen molar-refractivity contribution < 1.29 is 23.1 Å². The lowest BCUT2D eigenvalue weighted by molar-refractivity contribution is -0.123. The maximum atomic E-state index is 13.1. The van der Waals surface area contributed by atoms with Crippen molar-refractivity contribution in [1.82, 2.24) is 5.32 Å². The first-order valence-corrected chi connectivity index (χ1v) is 8.83. The Hall–Kier alpha value is -2.61. The molecule has 5 nitrogen and oxygen atoms in total. The lowest BCUT2D eigenvalue weighted by atomic mass is 10.3. The number of carbonyl (C=O) groups is 2. The number of carbonyl (C=O) groups excluding carboxylic acids is 2. The lowest BCUT2D eigenvalue weighted by Crippen LogP contribution is -2.28. The molecule has 0 saturated carbocycles. The molecule has 0 aliphatic heterocycles. The van der Waals surface area contributed by atoms with Gasteiger partial charge in [0.1, 0.15) is 5.75 Å². The summed E-state index contributed by atoms with van der Waals surface area (Å²) in [6, 6.07) is 10.1. The molecule has 2 N–H and O–H groups in total. The first-order valence-electron chi connectivity index (χ1n) is 7.85. The molecule has 0 bridgehead atoms. The molecule has 0 saturated heterocycles. The van der Waals surface area contributed by atoms with Crippen LogP contribution in [0.5, 0.6) is 5.75 Å². The van der Waals surface area contributed by atoms with E-state index in [-0.39, 0.29) is 24.2 Å². The Morgan fingerprint density at radius 2 is 1.77 bits per heavy atom. The molecule has 2 rings (SSSR count). The maximum Gasteiger partial charge on any atom is 0.257 e. The molecule has 0 radical (unpaired) electrons. The zero-order valence-electron chi connectivity index (χ0n) is 14.1. The second-order valence-corrected chi connectivity index (χ2v) is 6.23. The van der Waals surface area contributed by atoms with Gasteiger partial charge >= 0.3 is 0 Å². The van der Waals surface area contributed by atoms with E-state index in [0.29, 0.717) is 22.9 Å². The van der Waals surface area contributed by atoms with Crippen LogP contribution in [0.3, 0.4) is 0 Å². The van der Waals surface area contributed by atoms with E-state index in [1.54, 1.807) is 24.3 Å². The number of halogens is 2. The smallest absolute Gasteiger partial charge is 0.257 e. The normalized spacial score (nSPS) is 10.3. The zero-order chi connectivity index (χ0) is 18.9. The molecule has 2 aromatic carbocycles. The summed E-state index contributed by atoms with van der Waals surface area (Å²) >= 11 is 1.10. The first-order chi connectivity index (χ1) is 12.5. The lowest BCUT2D eigenvalue weighted by Gasteiger charge is -2.08. The monoisotopic (exact) mass is 380 g/mol. The molecule has 2 amide bonds. The van der Waals surface area contributed by atoms with Crippen LogP contribution in [-0.2, 0) is 9.59 Å². The van der Waals surface area contributed by atoms with Gasteiger partial charge in [0.2, 0.25) is 5.91 Å². The number of benzene rings is 2. The molecule has 0 aliphatic rings. The van der Waals surface area contributed by atoms with E-state index < -0.39 is 11.6 Å². The summed E-state index contributed by atoms with van der Waals surface area (Å²) in [5, 5.41) is 5.31. The fourth-order valence-corrected chi connectivity index (χ4v) is 2.67. The van der Waals surface area contributed by atoms with Gasteiger partial charge in [-0.3, -0.25) is 9.59 Å². The minimum atomic E-state index is -0.946. The van der Waals surface area contributed by atoms with Crippen LogP contribution in [0.15, 0.2) is 47.4 Å². The van der Waals surface area contributed by atoms with Gasteiger partial charge in [0.15, 0.2) is 18.2 Å². The van der Waals surface area contributed by atoms with Gasteiger partial charge in [0.05, 0.1) is 5.75 Å². The van der Waals surface area contributed by atoms with Crippen LogP contribution in [0.25, 0.3) is 0 Å². The summed E-state index contributed by atoms with van der Waals surface area (Å²) in [6.45, 7) is 2.28. The molecular weight excluding hydrogens is 362 g/mol. The molecule has 26 heavy (non-hydrogen) atoms. The summed E-state index contributed by atoms with van der Waals surface area (Å²) < 4.78 is 31.3. The van der Waals surface area contributed by atoms with Crippen molar-refractivity contribution in [1.29, 1.82) is 0 Å². The van der Waals surface area contributed by atoms with Gasteiger partial charge in [-0.1, -0.05) is 0 Å². The van der Waals surface area contributed by atoms with Crippen LogP contribution < -0.4 is 15.4 Å². The molecule has 0 aliphatic carbocycles. The molecule has 0 unspecified atom stereocenters. The predicted molar refractivity (Wildman–Crippen MR) is 96.3 cm³/mol. The average molecular weight is 380 g/mol. The van der Waals surface area contributed by atoms with Crippen LogP contribution in [0.4, 0.5) is 14.5 Å². The Labute approximate surface area is 154 Å². The minimum absolute atomic E-state index is 0.0561. The van der Waals surface area contributed by atoms with Gasteiger partial charge in [0.25, 0.3) is 5.91 Å². The van der Waals surface area contributed by atoms with Crippen molar-refractivity contribution in [3.05, 3.63) is 54.1 Å². The van der Waals surface area contributed by atoms with Gasteiger partial charge < -0.3 is 15.4 Å². The summed E-state index contributed by atoms with van der Waals surface area (Å²) in [5.74, 6) is -1.80. The van der Waals surface area contributed by atoms with Crippen molar-refractivity contribution in [2.75, 3.05) is 24.2 Å². The van der Waals surface area contributed by atoms with Crippen LogP contribution in [0.2, 0.25) is 0 Å². The highest BCUT2D eigenvalue weighted by Gasteiger charge is 2.07. The molecule has 0 heterocycles. The predicted octanol–water partition coefficient (Wildman–Crippen LogP) is 3.21. The van der Waals surface area contributed by atoms with E-state index in [9.17, 15) is 18.4 Å². The minimum Gasteiger partial charge on any atom is -0.484 e. The number of nitrogens with one attached hydrogen (secondary N) is 2. The average Bonchev–Trinajstić information content (AvgIpc) is 2.62. The summed E-state index contributed by atoms with van der Waals surface area (Å²) in [7, 11) is 0. The number of amides is 2. The summed E-state index contributed by atoms with van der Waals surface area (Å²) in [4.78, 5) is 23.7. The van der Waals surface area contributed by atoms with Crippen molar-refractivity contribution in [3.63, 3.8) is 0 Å². The second kappa shape index (κ2) is 9.76. The van der Waals surface area contributed by atoms with Crippen LogP contribution in [0.1, 0.15) is 6.92 Å². The Morgan fingerprint density at radius 3 is 2.42 bits per heavy atom. The quantitative estimate of drug-likeness (QED) is 0.690. The second-order valence-electron chi connectivity index (χ2n) is 5.18. The molecular formula is C18H18F2N2O3S. The Balaban J connectivity index is 1.79. The standard InChI is InChI=1S/C18H18F2N2O3S/c1-2-21-17(23)10-25-13-5-3-12(4-6-13)22-18(24)11-26-14-7-8-15(19)16(20)9-14/h3-9H,2,10-11H2,1H3,(H,21,23)(H,22,24). The van der Waals surface area contributed by atoms with Crippen molar-refractivity contribution in [2.24, 2.45) is 0 Å². The van der Waals surface area contributed by atoms with Crippen molar-refractivity contribution >= 4 is 29.3 Å². The highest BCUT2D eigenvalue weighted by Crippen LogP contribution is 2.21. The zero-order valence-corrected chi connectivity index (χ0v) is 14.9. The van der Waals surface area contributed by atoms with Gasteiger partial charge in [-0.15, -0.1) is 11.8 Å². The topological polar surface area (TPSA) is 67.4 Å². The fourth-order valence-electron chi connectivity index (χ4n) is 1.94. The van der Waals surface area contributed by atoms with E-state index >= 15 is 0 Å². The van der Waals surface area contributed by atoms with E-state index in [1.807, 2.05) is 6.92 Å². The van der Waals surface area contributed by atoms with Gasteiger partial charge in [-0.25, -0.2) is 8.78 Å². The first kappa shape index (κ1) is 19.7. The molecule has 0 spiro atoms. The van der Waals surface area contributed by atoms with Gasteiger partial charge in [-0.05, 0) is 49.4 Å². The number of anilines is 1. The van der Waals surface area contributed by atoms with Crippen LogP contribution in [0, 0.1) is 11.6 Å². The third-order valence-electron chi connectivity index (χ3n) is 3.14. The Morgan fingerprint density at radius 1 is 1.04 bits per heavy atom. The maximum absolute atomic E-state index is 13.1. The van der Waals surface area contributed by atoms with E-state index in [2.05, 4.69) is 10.6 Å². The number of ether oxygens (including phenoxy) is 1. The number of likely N-dealkylation sites (N-methyl/N-ethyl adjacent to an activating group) is 1. The Kier molecular flexibility index (Phi) is 7.40. The third-order valence-corrected chi connectivity index (χ3v) is 4.14. The number of hydrogen-bond acceptors (Lipinski definition) is 4. The van der Waals surface area contributed by atoms with E-state index in [4.69, 9.17) is 4.74 Å². The molecule has 138 valence electrons. The highest BCUT2D eigenvalue weighted by molar-refractivity contribution is 8.00. The van der Waals surface area contributed by atoms with E-state index in [0.717, 1.165) is 23.9 Å².